The summed E-state index contributed by atoms with van der Waals surface area (Å²) in [7, 11) is 0. The average Bonchev–Trinajstić information content (AvgIpc) is 2.40. The largest absolute Gasteiger partial charge is 0.0619 e. The summed E-state index contributed by atoms with van der Waals surface area (Å²) in [6.45, 7) is 13.3. The van der Waals surface area contributed by atoms with Crippen LogP contribution < -0.4 is 0 Å². The van der Waals surface area contributed by atoms with Gasteiger partial charge in [-0.25, -0.2) is 0 Å². The maximum absolute atomic E-state index is 2.74. The van der Waals surface area contributed by atoms with Crippen LogP contribution in [0.25, 0.3) is 0 Å². The van der Waals surface area contributed by atoms with Crippen molar-refractivity contribution in [2.75, 3.05) is 0 Å². The van der Waals surface area contributed by atoms with Gasteiger partial charge < -0.3 is 0 Å². The van der Waals surface area contributed by atoms with Crippen molar-refractivity contribution >= 4 is 0 Å². The van der Waals surface area contributed by atoms with Gasteiger partial charge in [0.15, 0.2) is 0 Å². The molecule has 0 N–H and O–H groups in total. The summed E-state index contributed by atoms with van der Waals surface area (Å²) >= 11 is 0. The van der Waals surface area contributed by atoms with E-state index in [0.717, 1.165) is 17.8 Å². The topological polar surface area (TPSA) is 0 Å². The lowest BCUT2D eigenvalue weighted by molar-refractivity contribution is -0.239. The predicted octanol–water partition coefficient (Wildman–Crippen LogP) is 6.06. The standard InChI is InChI=1S/C20H34/c1-14-8-6-10-18(4)11-7-9-15-12-19(18,5)20(14)16(15)13-17(20,2)3/h14-16H,6-13H2,1-5H3. The number of rotatable bonds is 0. The minimum absolute atomic E-state index is 0.587. The first-order valence-electron chi connectivity index (χ1n) is 9.29. The lowest BCUT2D eigenvalue weighted by Crippen LogP contribution is -2.66. The minimum Gasteiger partial charge on any atom is -0.0619 e. The fourth-order valence-corrected chi connectivity index (χ4v) is 8.86. The van der Waals surface area contributed by atoms with E-state index in [1.54, 1.807) is 12.8 Å². The normalized spacial score (nSPS) is 60.1. The van der Waals surface area contributed by atoms with Gasteiger partial charge in [-0.3, -0.25) is 0 Å². The molecule has 0 aromatic heterocycles. The third-order valence-corrected chi connectivity index (χ3v) is 9.37. The second-order valence-corrected chi connectivity index (χ2v) is 10.1. The van der Waals surface area contributed by atoms with Crippen LogP contribution in [-0.2, 0) is 0 Å². The third-order valence-electron chi connectivity index (χ3n) is 9.37. The monoisotopic (exact) mass is 274 g/mol. The molecule has 0 heteroatoms. The van der Waals surface area contributed by atoms with Crippen molar-refractivity contribution in [1.29, 1.82) is 0 Å². The molecule has 1 spiro atoms. The molecule has 0 amide bonds. The van der Waals surface area contributed by atoms with Crippen LogP contribution in [0.4, 0.5) is 0 Å². The van der Waals surface area contributed by atoms with Crippen molar-refractivity contribution in [2.45, 2.75) is 86.0 Å². The zero-order valence-corrected chi connectivity index (χ0v) is 14.4. The van der Waals surface area contributed by atoms with E-state index in [1.807, 2.05) is 0 Å². The minimum atomic E-state index is 0.587. The molecule has 20 heavy (non-hydrogen) atoms. The molecule has 0 radical (unpaired) electrons. The van der Waals surface area contributed by atoms with Crippen molar-refractivity contribution in [1.82, 2.24) is 0 Å². The van der Waals surface area contributed by atoms with E-state index < -0.39 is 0 Å². The predicted molar refractivity (Wildman–Crippen MR) is 85.5 cm³/mol. The molecule has 2 bridgehead atoms. The molecule has 4 rings (SSSR count). The van der Waals surface area contributed by atoms with Gasteiger partial charge in [0.25, 0.3) is 0 Å². The summed E-state index contributed by atoms with van der Waals surface area (Å²) in [6.07, 6.45) is 12.1. The van der Waals surface area contributed by atoms with Crippen molar-refractivity contribution in [3.8, 4) is 0 Å². The highest BCUT2D eigenvalue weighted by Gasteiger charge is 2.78. The van der Waals surface area contributed by atoms with Crippen molar-refractivity contribution in [2.24, 2.45) is 39.4 Å². The maximum Gasteiger partial charge on any atom is -0.0130 e. The van der Waals surface area contributed by atoms with Crippen molar-refractivity contribution in [3.05, 3.63) is 0 Å². The highest BCUT2D eigenvalue weighted by molar-refractivity contribution is 5.26. The molecule has 6 unspecified atom stereocenters. The second kappa shape index (κ2) is 3.66. The Morgan fingerprint density at radius 3 is 2.15 bits per heavy atom. The molecule has 114 valence electrons. The Kier molecular flexibility index (Phi) is 2.50. The summed E-state index contributed by atoms with van der Waals surface area (Å²) in [5, 5.41) is 0. The zero-order chi connectivity index (χ0) is 14.4. The number of hydrogen-bond acceptors (Lipinski definition) is 0. The van der Waals surface area contributed by atoms with Gasteiger partial charge in [0.05, 0.1) is 0 Å². The molecule has 0 heterocycles. The Morgan fingerprint density at radius 1 is 0.850 bits per heavy atom. The molecule has 4 fully saturated rings. The molecule has 0 aliphatic heterocycles. The van der Waals surface area contributed by atoms with E-state index in [-0.39, 0.29) is 0 Å². The van der Waals surface area contributed by atoms with Crippen molar-refractivity contribution in [3.63, 3.8) is 0 Å². The quantitative estimate of drug-likeness (QED) is 0.504. The van der Waals surface area contributed by atoms with Gasteiger partial charge in [-0.05, 0) is 65.1 Å². The van der Waals surface area contributed by atoms with Crippen LogP contribution in [0.15, 0.2) is 0 Å². The fourth-order valence-electron chi connectivity index (χ4n) is 8.86. The first kappa shape index (κ1) is 13.6. The fraction of sp³-hybridized carbons (Fsp3) is 1.00. The highest BCUT2D eigenvalue weighted by Crippen LogP contribution is 2.85. The lowest BCUT2D eigenvalue weighted by atomic mass is 9.32. The van der Waals surface area contributed by atoms with Gasteiger partial charge in [-0.15, -0.1) is 0 Å². The van der Waals surface area contributed by atoms with Crippen LogP contribution in [0.1, 0.15) is 86.0 Å². The summed E-state index contributed by atoms with van der Waals surface area (Å²) in [5.74, 6) is 3.08. The Bertz CT molecular complexity index is 435. The second-order valence-electron chi connectivity index (χ2n) is 10.1. The molecule has 0 saturated heterocycles. The van der Waals surface area contributed by atoms with Crippen LogP contribution >= 0.6 is 0 Å². The van der Waals surface area contributed by atoms with Gasteiger partial charge in [0, 0.05) is 0 Å². The summed E-state index contributed by atoms with van der Waals surface area (Å²) in [5.41, 5.74) is 2.49. The van der Waals surface area contributed by atoms with Crippen LogP contribution in [-0.4, -0.2) is 0 Å². The summed E-state index contributed by atoms with van der Waals surface area (Å²) in [4.78, 5) is 0. The van der Waals surface area contributed by atoms with E-state index in [0.29, 0.717) is 21.7 Å². The molecule has 0 aromatic rings. The van der Waals surface area contributed by atoms with Crippen LogP contribution in [0, 0.1) is 39.4 Å². The number of hydrogen-bond donors (Lipinski definition) is 0. The van der Waals surface area contributed by atoms with Crippen molar-refractivity contribution < 1.29 is 0 Å². The van der Waals surface area contributed by atoms with E-state index in [9.17, 15) is 0 Å². The Hall–Kier alpha value is 0. The molecule has 0 nitrogen and oxygen atoms in total. The van der Waals surface area contributed by atoms with E-state index in [4.69, 9.17) is 0 Å². The summed E-state index contributed by atoms with van der Waals surface area (Å²) < 4.78 is 0. The van der Waals surface area contributed by atoms with Gasteiger partial charge in [0.1, 0.15) is 0 Å². The molecular weight excluding hydrogens is 240 g/mol. The molecule has 0 aromatic carbocycles. The maximum atomic E-state index is 2.74. The van der Waals surface area contributed by atoms with Crippen LogP contribution in [0.3, 0.4) is 0 Å². The Balaban J connectivity index is 1.96. The van der Waals surface area contributed by atoms with E-state index in [1.165, 1.54) is 38.5 Å². The zero-order valence-electron chi connectivity index (χ0n) is 14.4. The number of fused-ring (bicyclic) bond motifs is 2. The third kappa shape index (κ3) is 1.16. The Morgan fingerprint density at radius 2 is 1.50 bits per heavy atom. The molecule has 4 aliphatic carbocycles. The van der Waals surface area contributed by atoms with Gasteiger partial charge in [-0.2, -0.15) is 0 Å². The van der Waals surface area contributed by atoms with Gasteiger partial charge >= 0.3 is 0 Å². The van der Waals surface area contributed by atoms with E-state index >= 15 is 0 Å². The molecule has 6 atom stereocenters. The molecule has 4 aliphatic rings. The van der Waals surface area contributed by atoms with Crippen LogP contribution in [0.2, 0.25) is 0 Å². The smallest absolute Gasteiger partial charge is 0.0130 e. The first-order chi connectivity index (χ1) is 9.29. The first-order valence-corrected chi connectivity index (χ1v) is 9.29. The SMILES string of the molecule is CC1CCCC2(C)CCCC3CC2(C)C12C3CC2(C)C. The summed E-state index contributed by atoms with van der Waals surface area (Å²) in [6, 6.07) is 0. The highest BCUT2D eigenvalue weighted by atomic mass is 14.8. The van der Waals surface area contributed by atoms with E-state index in [2.05, 4.69) is 34.6 Å². The van der Waals surface area contributed by atoms with Gasteiger partial charge in [-0.1, -0.05) is 60.3 Å². The lowest BCUT2D eigenvalue weighted by Gasteiger charge is -2.72. The average molecular weight is 274 g/mol. The Labute approximate surface area is 126 Å². The van der Waals surface area contributed by atoms with Gasteiger partial charge in [0.2, 0.25) is 0 Å². The van der Waals surface area contributed by atoms with Crippen LogP contribution in [0.5, 0.6) is 0 Å². The molecular formula is C20H34. The molecule has 4 saturated carbocycles.